The van der Waals surface area contributed by atoms with Gasteiger partial charge in [-0.3, -0.25) is 19.4 Å². The number of fused-ring (bicyclic) bond motifs is 1. The predicted octanol–water partition coefficient (Wildman–Crippen LogP) is 4.91. The number of rotatable bonds is 6. The Morgan fingerprint density at radius 3 is 2.39 bits per heavy atom. The highest BCUT2D eigenvalue weighted by molar-refractivity contribution is 7.22. The Morgan fingerprint density at radius 1 is 1.03 bits per heavy atom. The van der Waals surface area contributed by atoms with Gasteiger partial charge in [0.05, 0.1) is 16.8 Å². The molecule has 3 aromatic carbocycles. The van der Waals surface area contributed by atoms with E-state index in [1.807, 2.05) is 62.4 Å². The van der Waals surface area contributed by atoms with Gasteiger partial charge in [-0.2, -0.15) is 0 Å². The largest absolute Gasteiger partial charge is 0.325 e. The molecule has 0 spiro atoms. The Bertz CT molecular complexity index is 1470. The van der Waals surface area contributed by atoms with E-state index in [1.54, 1.807) is 24.0 Å². The van der Waals surface area contributed by atoms with Crippen LogP contribution in [0.3, 0.4) is 0 Å². The van der Waals surface area contributed by atoms with E-state index in [2.05, 4.69) is 17.4 Å². The number of amides is 4. The second-order valence-corrected chi connectivity index (χ2v) is 10.2. The van der Waals surface area contributed by atoms with Gasteiger partial charge in [0.15, 0.2) is 5.13 Å². The minimum atomic E-state index is -1.23. The molecule has 36 heavy (non-hydrogen) atoms. The first-order valence-electron chi connectivity index (χ1n) is 11.7. The van der Waals surface area contributed by atoms with Gasteiger partial charge in [-0.05, 0) is 49.1 Å². The molecule has 4 aromatic rings. The molecule has 0 saturated carbocycles. The second kappa shape index (κ2) is 9.20. The number of imide groups is 1. The summed E-state index contributed by atoms with van der Waals surface area (Å²) in [7, 11) is 0. The molecular formula is C28H26N4O3S. The molecule has 4 amide bonds. The molecule has 5 rings (SSSR count). The molecule has 8 heteroatoms. The Labute approximate surface area is 213 Å². The predicted molar refractivity (Wildman–Crippen MR) is 141 cm³/mol. The monoisotopic (exact) mass is 498 g/mol. The molecule has 0 aliphatic carbocycles. The van der Waals surface area contributed by atoms with E-state index in [0.29, 0.717) is 10.7 Å². The van der Waals surface area contributed by atoms with Crippen molar-refractivity contribution in [1.82, 2.24) is 15.2 Å². The summed E-state index contributed by atoms with van der Waals surface area (Å²) in [6.45, 7) is 5.58. The minimum absolute atomic E-state index is 0.275. The van der Waals surface area contributed by atoms with Crippen molar-refractivity contribution < 1.29 is 14.4 Å². The van der Waals surface area contributed by atoms with Gasteiger partial charge in [-0.25, -0.2) is 9.78 Å². The van der Waals surface area contributed by atoms with Crippen LogP contribution in [0.25, 0.3) is 10.2 Å². The number of thiazole rings is 1. The minimum Gasteiger partial charge on any atom is -0.319 e. The number of nitrogens with one attached hydrogen (secondary N) is 1. The van der Waals surface area contributed by atoms with Crippen LogP contribution >= 0.6 is 11.3 Å². The lowest BCUT2D eigenvalue weighted by molar-refractivity contribution is -0.134. The quantitative estimate of drug-likeness (QED) is 0.383. The van der Waals surface area contributed by atoms with Gasteiger partial charge >= 0.3 is 6.03 Å². The fourth-order valence-electron chi connectivity index (χ4n) is 4.53. The first-order valence-corrected chi connectivity index (χ1v) is 12.5. The molecule has 0 radical (unpaired) electrons. The lowest BCUT2D eigenvalue weighted by atomic mass is 9.92. The van der Waals surface area contributed by atoms with Crippen molar-refractivity contribution in [3.05, 3.63) is 95.1 Å². The molecule has 1 unspecified atom stereocenters. The van der Waals surface area contributed by atoms with Gasteiger partial charge < -0.3 is 5.32 Å². The Morgan fingerprint density at radius 2 is 1.69 bits per heavy atom. The molecule has 1 aliphatic heterocycles. The Hall–Kier alpha value is -4.04. The maximum atomic E-state index is 13.7. The van der Waals surface area contributed by atoms with Crippen molar-refractivity contribution in [2.24, 2.45) is 0 Å². The van der Waals surface area contributed by atoms with Crippen LogP contribution in [0, 0.1) is 13.8 Å². The van der Waals surface area contributed by atoms with Crippen LogP contribution in [0.5, 0.6) is 0 Å². The van der Waals surface area contributed by atoms with E-state index in [9.17, 15) is 14.4 Å². The number of nitrogens with zero attached hydrogens (tertiary/aromatic N) is 3. The number of aryl methyl sites for hydroxylation is 2. The molecule has 7 nitrogen and oxygen atoms in total. The zero-order valence-electron chi connectivity index (χ0n) is 20.3. The van der Waals surface area contributed by atoms with Gasteiger partial charge in [0.2, 0.25) is 5.91 Å². The molecular weight excluding hydrogens is 472 g/mol. The second-order valence-electron chi connectivity index (χ2n) is 9.20. The number of urea groups is 1. The summed E-state index contributed by atoms with van der Waals surface area (Å²) in [5.41, 5.74) is 3.36. The Balaban J connectivity index is 1.47. The van der Waals surface area contributed by atoms with E-state index < -0.39 is 17.5 Å². The highest BCUT2D eigenvalue weighted by atomic mass is 32.1. The van der Waals surface area contributed by atoms with Gasteiger partial charge in [0.1, 0.15) is 12.1 Å². The molecule has 1 fully saturated rings. The fourth-order valence-corrected chi connectivity index (χ4v) is 5.69. The number of hydrogen-bond acceptors (Lipinski definition) is 5. The summed E-state index contributed by atoms with van der Waals surface area (Å²) in [5, 5.41) is 3.30. The van der Waals surface area contributed by atoms with Crippen molar-refractivity contribution in [2.45, 2.75) is 32.9 Å². The van der Waals surface area contributed by atoms with Crippen LogP contribution in [-0.2, 0) is 21.7 Å². The van der Waals surface area contributed by atoms with Gasteiger partial charge in [0, 0.05) is 0 Å². The van der Waals surface area contributed by atoms with Gasteiger partial charge in [-0.15, -0.1) is 0 Å². The molecule has 1 aromatic heterocycles. The lowest BCUT2D eigenvalue weighted by Crippen LogP contribution is -2.44. The van der Waals surface area contributed by atoms with Crippen LogP contribution in [-0.4, -0.2) is 34.3 Å². The molecule has 2 heterocycles. The van der Waals surface area contributed by atoms with E-state index in [0.717, 1.165) is 31.8 Å². The van der Waals surface area contributed by atoms with Gasteiger partial charge in [0.25, 0.3) is 5.91 Å². The SMILES string of the molecule is Cc1cc(C)c2nc(N(Cc3ccccc3)C(=O)CN3C(=O)NC(C)(c4ccccc4)C3=O)sc2c1. The molecule has 1 saturated heterocycles. The Kier molecular flexibility index (Phi) is 6.05. The number of anilines is 1. The van der Waals surface area contributed by atoms with Crippen molar-refractivity contribution >= 4 is 44.5 Å². The van der Waals surface area contributed by atoms with Crippen molar-refractivity contribution in [1.29, 1.82) is 0 Å². The maximum absolute atomic E-state index is 13.7. The van der Waals surface area contributed by atoms with Crippen molar-refractivity contribution in [2.75, 3.05) is 11.4 Å². The average Bonchev–Trinajstić information content (AvgIpc) is 3.38. The number of benzene rings is 3. The maximum Gasteiger partial charge on any atom is 0.325 e. The first-order chi connectivity index (χ1) is 17.3. The summed E-state index contributed by atoms with van der Waals surface area (Å²) < 4.78 is 0.986. The first kappa shape index (κ1) is 23.7. The fraction of sp³-hybridized carbons (Fsp3) is 0.214. The topological polar surface area (TPSA) is 82.6 Å². The third kappa shape index (κ3) is 4.24. The number of carbonyl (C=O) groups excluding carboxylic acids is 3. The highest BCUT2D eigenvalue weighted by Crippen LogP contribution is 2.33. The van der Waals surface area contributed by atoms with Crippen molar-refractivity contribution in [3.8, 4) is 0 Å². The zero-order chi connectivity index (χ0) is 25.4. The summed E-state index contributed by atoms with van der Waals surface area (Å²) in [5.74, 6) is -0.837. The lowest BCUT2D eigenvalue weighted by Gasteiger charge is -2.24. The average molecular weight is 499 g/mol. The van der Waals surface area contributed by atoms with Crippen LogP contribution in [0.2, 0.25) is 0 Å². The number of hydrogen-bond donors (Lipinski definition) is 1. The summed E-state index contributed by atoms with van der Waals surface area (Å²) >= 11 is 1.43. The molecule has 182 valence electrons. The summed E-state index contributed by atoms with van der Waals surface area (Å²) in [6, 6.07) is 22.2. The van der Waals surface area contributed by atoms with Gasteiger partial charge in [-0.1, -0.05) is 78.1 Å². The van der Waals surface area contributed by atoms with E-state index >= 15 is 0 Å². The molecule has 1 N–H and O–H groups in total. The van der Waals surface area contributed by atoms with Crippen LogP contribution in [0.4, 0.5) is 9.93 Å². The van der Waals surface area contributed by atoms with Crippen molar-refractivity contribution in [3.63, 3.8) is 0 Å². The molecule has 1 atom stereocenters. The van der Waals surface area contributed by atoms with E-state index in [4.69, 9.17) is 4.98 Å². The molecule has 0 bridgehead atoms. The zero-order valence-corrected chi connectivity index (χ0v) is 21.1. The van der Waals surface area contributed by atoms with Crippen LogP contribution in [0.1, 0.15) is 29.2 Å². The third-order valence-electron chi connectivity index (χ3n) is 6.45. The number of aromatic nitrogens is 1. The standard InChI is InChI=1S/C28H26N4O3S/c1-18-14-19(2)24-22(15-18)36-27(29-24)31(16-20-10-6-4-7-11-20)23(33)17-32-25(34)28(3,30-26(32)35)21-12-8-5-9-13-21/h4-15H,16-17H2,1-3H3,(H,30,35). The molecule has 1 aliphatic rings. The summed E-state index contributed by atoms with van der Waals surface area (Å²) in [6.07, 6.45) is 0. The van der Waals surface area contributed by atoms with Crippen LogP contribution in [0.15, 0.2) is 72.8 Å². The third-order valence-corrected chi connectivity index (χ3v) is 7.48. The van der Waals surface area contributed by atoms with E-state index in [-0.39, 0.29) is 19.0 Å². The summed E-state index contributed by atoms with van der Waals surface area (Å²) in [4.78, 5) is 47.3. The van der Waals surface area contributed by atoms with E-state index in [1.165, 1.54) is 11.3 Å². The highest BCUT2D eigenvalue weighted by Gasteiger charge is 2.49. The van der Waals surface area contributed by atoms with Crippen LogP contribution < -0.4 is 10.2 Å². The number of carbonyl (C=O) groups is 3. The normalized spacial score (nSPS) is 17.5. The smallest absolute Gasteiger partial charge is 0.319 e.